The van der Waals surface area contributed by atoms with Gasteiger partial charge in [0, 0.05) is 19.8 Å². The topological polar surface area (TPSA) is 49.4 Å². The maximum absolute atomic E-state index is 11.8. The van der Waals surface area contributed by atoms with Crippen LogP contribution in [-0.4, -0.2) is 32.9 Å². The molecule has 1 atom stereocenters. The molecule has 0 saturated heterocycles. The van der Waals surface area contributed by atoms with E-state index in [2.05, 4.69) is 11.2 Å². The molecule has 17 heavy (non-hydrogen) atoms. The van der Waals surface area contributed by atoms with Crippen LogP contribution in [0, 0.1) is 12.3 Å². The Hall–Kier alpha value is -1.51. The van der Waals surface area contributed by atoms with E-state index in [9.17, 15) is 8.42 Å². The first-order valence-corrected chi connectivity index (χ1v) is 6.57. The van der Waals surface area contributed by atoms with E-state index in [1.54, 1.807) is 24.3 Å². The number of hydrogen-bond donors (Lipinski definition) is 1. The fourth-order valence-corrected chi connectivity index (χ4v) is 2.13. The molecule has 0 fully saturated rings. The average molecular weight is 252 g/mol. The predicted octanol–water partition coefficient (Wildman–Crippen LogP) is 1.37. The van der Waals surface area contributed by atoms with E-state index >= 15 is 0 Å². The summed E-state index contributed by atoms with van der Waals surface area (Å²) in [7, 11) is -0.359. The van der Waals surface area contributed by atoms with Crippen molar-refractivity contribution >= 4 is 15.7 Å². The summed E-state index contributed by atoms with van der Waals surface area (Å²) in [5, 5.41) is 3.05. The van der Waals surface area contributed by atoms with Gasteiger partial charge in [0.2, 0.25) is 10.0 Å². The molecule has 0 spiro atoms. The summed E-state index contributed by atoms with van der Waals surface area (Å²) >= 11 is 0. The Bertz CT molecular complexity index is 512. The minimum Gasteiger partial charge on any atom is -0.372 e. The number of benzene rings is 1. The smallest absolute Gasteiger partial charge is 0.242 e. The fourth-order valence-electron chi connectivity index (χ4n) is 1.23. The lowest BCUT2D eigenvalue weighted by Gasteiger charge is -2.13. The Morgan fingerprint density at radius 1 is 1.29 bits per heavy atom. The van der Waals surface area contributed by atoms with Crippen LogP contribution in [0.2, 0.25) is 0 Å². The van der Waals surface area contributed by atoms with Crippen LogP contribution in [0.15, 0.2) is 29.2 Å². The highest BCUT2D eigenvalue weighted by atomic mass is 32.2. The van der Waals surface area contributed by atoms with Crippen molar-refractivity contribution in [2.45, 2.75) is 17.9 Å². The number of anilines is 1. The summed E-state index contributed by atoms with van der Waals surface area (Å²) in [6.45, 7) is 1.85. The minimum atomic E-state index is -3.36. The van der Waals surface area contributed by atoms with Crippen molar-refractivity contribution in [2.75, 3.05) is 19.4 Å². The first kappa shape index (κ1) is 13.6. The van der Waals surface area contributed by atoms with E-state index in [0.717, 1.165) is 5.69 Å². The van der Waals surface area contributed by atoms with Gasteiger partial charge in [-0.1, -0.05) is 5.92 Å². The number of nitrogens with zero attached hydrogens (tertiary/aromatic N) is 1. The van der Waals surface area contributed by atoms with Gasteiger partial charge in [0.05, 0.1) is 10.9 Å². The molecule has 0 bridgehead atoms. The Balaban J connectivity index is 2.94. The predicted molar refractivity (Wildman–Crippen MR) is 69.2 cm³/mol. The summed E-state index contributed by atoms with van der Waals surface area (Å²) < 4.78 is 24.8. The molecule has 0 aliphatic rings. The van der Waals surface area contributed by atoms with Crippen molar-refractivity contribution in [1.29, 1.82) is 0 Å². The van der Waals surface area contributed by atoms with Crippen LogP contribution in [0.5, 0.6) is 0 Å². The molecule has 0 aromatic heterocycles. The Morgan fingerprint density at radius 2 is 1.82 bits per heavy atom. The van der Waals surface area contributed by atoms with Gasteiger partial charge in [-0.2, -0.15) is 0 Å². The SMILES string of the molecule is C#CC(C)Nc1ccc(S(=O)(=O)N(C)C)cc1. The molecule has 0 amide bonds. The van der Waals surface area contributed by atoms with Crippen molar-refractivity contribution in [2.24, 2.45) is 0 Å². The van der Waals surface area contributed by atoms with Crippen LogP contribution in [-0.2, 0) is 10.0 Å². The van der Waals surface area contributed by atoms with Gasteiger partial charge in [-0.3, -0.25) is 0 Å². The van der Waals surface area contributed by atoms with Crippen LogP contribution in [0.4, 0.5) is 5.69 Å². The summed E-state index contributed by atoms with van der Waals surface area (Å²) in [5.74, 6) is 2.54. The van der Waals surface area contributed by atoms with Gasteiger partial charge in [0.25, 0.3) is 0 Å². The van der Waals surface area contributed by atoms with Crippen molar-refractivity contribution in [3.8, 4) is 12.3 Å². The van der Waals surface area contributed by atoms with Crippen LogP contribution < -0.4 is 5.32 Å². The second-order valence-corrected chi connectivity index (χ2v) is 6.00. The first-order chi connectivity index (χ1) is 7.87. The maximum Gasteiger partial charge on any atom is 0.242 e. The zero-order valence-electron chi connectivity index (χ0n) is 10.1. The van der Waals surface area contributed by atoms with Crippen molar-refractivity contribution < 1.29 is 8.42 Å². The van der Waals surface area contributed by atoms with Crippen molar-refractivity contribution in [3.63, 3.8) is 0 Å². The molecule has 1 rings (SSSR count). The quantitative estimate of drug-likeness (QED) is 0.823. The molecule has 0 aliphatic carbocycles. The standard InChI is InChI=1S/C12H16N2O2S/c1-5-10(2)13-11-6-8-12(9-7-11)17(15,16)14(3)4/h1,6-10,13H,2-4H3. The highest BCUT2D eigenvalue weighted by Gasteiger charge is 2.16. The molecular formula is C12H16N2O2S. The lowest BCUT2D eigenvalue weighted by atomic mass is 10.3. The van der Waals surface area contributed by atoms with E-state index < -0.39 is 10.0 Å². The summed E-state index contributed by atoms with van der Waals surface area (Å²) in [6, 6.07) is 6.42. The normalized spacial score (nSPS) is 13.1. The zero-order chi connectivity index (χ0) is 13.1. The van der Waals surface area contributed by atoms with Crippen LogP contribution >= 0.6 is 0 Å². The number of sulfonamides is 1. The van der Waals surface area contributed by atoms with Gasteiger partial charge in [-0.25, -0.2) is 12.7 Å². The molecule has 92 valence electrons. The second-order valence-electron chi connectivity index (χ2n) is 3.84. The molecule has 0 aliphatic heterocycles. The third-order valence-electron chi connectivity index (χ3n) is 2.27. The van der Waals surface area contributed by atoms with E-state index in [1.807, 2.05) is 6.92 Å². The molecule has 0 saturated carbocycles. The van der Waals surface area contributed by atoms with E-state index in [1.165, 1.54) is 18.4 Å². The second kappa shape index (κ2) is 5.21. The lowest BCUT2D eigenvalue weighted by Crippen LogP contribution is -2.22. The van der Waals surface area contributed by atoms with Crippen LogP contribution in [0.1, 0.15) is 6.92 Å². The van der Waals surface area contributed by atoms with Crippen molar-refractivity contribution in [1.82, 2.24) is 4.31 Å². The zero-order valence-corrected chi connectivity index (χ0v) is 11.0. The van der Waals surface area contributed by atoms with Gasteiger partial charge in [0.1, 0.15) is 0 Å². The largest absolute Gasteiger partial charge is 0.372 e. The van der Waals surface area contributed by atoms with Crippen molar-refractivity contribution in [3.05, 3.63) is 24.3 Å². The fraction of sp³-hybridized carbons (Fsp3) is 0.333. The Morgan fingerprint density at radius 3 is 2.24 bits per heavy atom. The van der Waals surface area contributed by atoms with Gasteiger partial charge in [-0.05, 0) is 31.2 Å². The van der Waals surface area contributed by atoms with Gasteiger partial charge in [-0.15, -0.1) is 6.42 Å². The third kappa shape index (κ3) is 3.22. The summed E-state index contributed by atoms with van der Waals surface area (Å²) in [6.07, 6.45) is 5.24. The van der Waals surface area contributed by atoms with Crippen LogP contribution in [0.3, 0.4) is 0 Å². The molecule has 4 nitrogen and oxygen atoms in total. The van der Waals surface area contributed by atoms with E-state index in [-0.39, 0.29) is 10.9 Å². The highest BCUT2D eigenvalue weighted by Crippen LogP contribution is 2.16. The maximum atomic E-state index is 11.8. The third-order valence-corrected chi connectivity index (χ3v) is 4.10. The molecule has 5 heteroatoms. The highest BCUT2D eigenvalue weighted by molar-refractivity contribution is 7.89. The minimum absolute atomic E-state index is 0.0914. The number of terminal acetylenes is 1. The van der Waals surface area contributed by atoms with E-state index in [4.69, 9.17) is 6.42 Å². The number of nitrogens with one attached hydrogen (secondary N) is 1. The van der Waals surface area contributed by atoms with Gasteiger partial charge < -0.3 is 5.32 Å². The number of rotatable bonds is 4. The molecular weight excluding hydrogens is 236 g/mol. The molecule has 0 radical (unpaired) electrons. The monoisotopic (exact) mass is 252 g/mol. The molecule has 1 aromatic carbocycles. The molecule has 1 N–H and O–H groups in total. The number of hydrogen-bond acceptors (Lipinski definition) is 3. The molecule has 0 heterocycles. The Labute approximate surface area is 103 Å². The average Bonchev–Trinajstić information content (AvgIpc) is 2.29. The first-order valence-electron chi connectivity index (χ1n) is 5.13. The van der Waals surface area contributed by atoms with Gasteiger partial charge in [0.15, 0.2) is 0 Å². The lowest BCUT2D eigenvalue weighted by molar-refractivity contribution is 0.521. The summed E-state index contributed by atoms with van der Waals surface area (Å²) in [4.78, 5) is 0.265. The van der Waals surface area contributed by atoms with E-state index in [0.29, 0.717) is 0 Å². The summed E-state index contributed by atoms with van der Waals surface area (Å²) in [5.41, 5.74) is 0.799. The van der Waals surface area contributed by atoms with Gasteiger partial charge >= 0.3 is 0 Å². The molecule has 1 aromatic rings. The molecule has 1 unspecified atom stereocenters. The Kier molecular flexibility index (Phi) is 4.16. The van der Waals surface area contributed by atoms with Crippen LogP contribution in [0.25, 0.3) is 0 Å².